The molecule has 2 aromatic carbocycles. The Balaban J connectivity index is 1.86. The number of fused-ring (bicyclic) bond motifs is 1. The van der Waals surface area contributed by atoms with E-state index in [0.29, 0.717) is 5.58 Å². The van der Waals surface area contributed by atoms with E-state index in [1.165, 1.54) is 6.08 Å². The average molecular weight is 390 g/mol. The predicted octanol–water partition coefficient (Wildman–Crippen LogP) is 4.60. The van der Waals surface area contributed by atoms with E-state index in [1.807, 2.05) is 61.5 Å². The molecule has 3 rings (SSSR count). The average Bonchev–Trinajstić information content (AvgIpc) is 2.72. The van der Waals surface area contributed by atoms with Crippen molar-refractivity contribution in [3.8, 4) is 0 Å². The molecule has 0 saturated heterocycles. The molecule has 0 saturated carbocycles. The molecule has 0 N–H and O–H groups in total. The normalized spacial score (nSPS) is 11.2. The smallest absolute Gasteiger partial charge is 0.347 e. The lowest BCUT2D eigenvalue weighted by Crippen LogP contribution is -2.21. The van der Waals surface area contributed by atoms with Crippen LogP contribution >= 0.6 is 0 Å². The molecule has 0 aliphatic carbocycles. The van der Waals surface area contributed by atoms with Crippen molar-refractivity contribution in [2.24, 2.45) is 0 Å². The highest BCUT2D eigenvalue weighted by Crippen LogP contribution is 2.22. The monoisotopic (exact) mass is 390 g/mol. The molecule has 0 radical (unpaired) electrons. The Labute approximate surface area is 170 Å². The van der Waals surface area contributed by atoms with Crippen LogP contribution in [0, 0.1) is 0 Å². The minimum Gasteiger partial charge on any atom is -0.422 e. The first kappa shape index (κ1) is 20.4. The molecule has 1 heterocycles. The number of rotatable bonds is 7. The minimum absolute atomic E-state index is 0.0363. The highest BCUT2D eigenvalue weighted by atomic mass is 16.4. The maximum absolute atomic E-state index is 12.6. The second-order valence-corrected chi connectivity index (χ2v) is 7.03. The van der Waals surface area contributed by atoms with E-state index in [1.54, 1.807) is 12.1 Å². The Hall–Kier alpha value is -3.34. The van der Waals surface area contributed by atoms with E-state index in [0.717, 1.165) is 35.4 Å². The molecule has 3 aromatic rings. The van der Waals surface area contributed by atoms with E-state index in [9.17, 15) is 9.59 Å². The van der Waals surface area contributed by atoms with Gasteiger partial charge in [0, 0.05) is 50.0 Å². The van der Waals surface area contributed by atoms with E-state index in [4.69, 9.17) is 4.42 Å². The standard InChI is InChI=1S/C24H26N2O3/c1-5-26(6-2)20-13-10-18-15-21(24(28)29-23(18)16-20)22(27)14-9-17-7-11-19(12-8-17)25(3)4/h7-16H,5-6H2,1-4H3. The molecule has 0 atom stereocenters. The fraction of sp³-hybridized carbons (Fsp3) is 0.250. The van der Waals surface area contributed by atoms with Gasteiger partial charge in [-0.05, 0) is 55.8 Å². The van der Waals surface area contributed by atoms with Crippen molar-refractivity contribution in [3.63, 3.8) is 0 Å². The van der Waals surface area contributed by atoms with E-state index >= 15 is 0 Å². The van der Waals surface area contributed by atoms with Crippen molar-refractivity contribution in [2.45, 2.75) is 13.8 Å². The van der Waals surface area contributed by atoms with Crippen molar-refractivity contribution in [1.29, 1.82) is 0 Å². The second kappa shape index (κ2) is 8.78. The Morgan fingerprint density at radius 3 is 2.24 bits per heavy atom. The number of hydrogen-bond donors (Lipinski definition) is 0. The first-order valence-electron chi connectivity index (χ1n) is 9.75. The van der Waals surface area contributed by atoms with Crippen LogP contribution in [0.5, 0.6) is 0 Å². The third-order valence-electron chi connectivity index (χ3n) is 4.95. The van der Waals surface area contributed by atoms with Crippen LogP contribution in [-0.4, -0.2) is 33.0 Å². The summed E-state index contributed by atoms with van der Waals surface area (Å²) in [6, 6.07) is 15.1. The van der Waals surface area contributed by atoms with Crippen LogP contribution in [0.1, 0.15) is 29.8 Å². The summed E-state index contributed by atoms with van der Waals surface area (Å²) in [5.41, 5.74) is 2.86. The summed E-state index contributed by atoms with van der Waals surface area (Å²) in [6.45, 7) is 5.88. The SMILES string of the molecule is CCN(CC)c1ccc2cc(C(=O)C=Cc3ccc(N(C)C)cc3)c(=O)oc2c1. The Morgan fingerprint density at radius 1 is 0.966 bits per heavy atom. The van der Waals surface area contributed by atoms with Crippen molar-refractivity contribution in [2.75, 3.05) is 37.0 Å². The maximum atomic E-state index is 12.6. The van der Waals surface area contributed by atoms with Gasteiger partial charge in [0.2, 0.25) is 0 Å². The maximum Gasteiger partial charge on any atom is 0.347 e. The number of carbonyl (C=O) groups excluding carboxylic acids is 1. The van der Waals surface area contributed by atoms with Gasteiger partial charge in [-0.25, -0.2) is 4.79 Å². The third kappa shape index (κ3) is 4.57. The predicted molar refractivity (Wildman–Crippen MR) is 120 cm³/mol. The van der Waals surface area contributed by atoms with Gasteiger partial charge in [0.05, 0.1) is 0 Å². The molecule has 29 heavy (non-hydrogen) atoms. The lowest BCUT2D eigenvalue weighted by atomic mass is 10.1. The fourth-order valence-corrected chi connectivity index (χ4v) is 3.20. The van der Waals surface area contributed by atoms with Gasteiger partial charge in [0.15, 0.2) is 5.78 Å². The van der Waals surface area contributed by atoms with Crippen LogP contribution in [0.15, 0.2) is 63.8 Å². The molecule has 1 aromatic heterocycles. The van der Waals surface area contributed by atoms with Crippen LogP contribution in [-0.2, 0) is 0 Å². The summed E-state index contributed by atoms with van der Waals surface area (Å²) in [5, 5.41) is 0.729. The number of anilines is 2. The van der Waals surface area contributed by atoms with Crippen LogP contribution in [0.3, 0.4) is 0 Å². The molecule has 0 fully saturated rings. The summed E-state index contributed by atoms with van der Waals surface area (Å²) in [6.07, 6.45) is 3.11. The summed E-state index contributed by atoms with van der Waals surface area (Å²) >= 11 is 0. The van der Waals surface area contributed by atoms with Gasteiger partial charge in [-0.1, -0.05) is 18.2 Å². The Bertz CT molecular complexity index is 1090. The number of allylic oxidation sites excluding steroid dienone is 1. The zero-order chi connectivity index (χ0) is 21.0. The molecule has 0 unspecified atom stereocenters. The number of ketones is 1. The van der Waals surface area contributed by atoms with E-state index in [2.05, 4.69) is 18.7 Å². The van der Waals surface area contributed by atoms with Gasteiger partial charge < -0.3 is 14.2 Å². The summed E-state index contributed by atoms with van der Waals surface area (Å²) in [5.74, 6) is -0.370. The molecule has 0 amide bonds. The van der Waals surface area contributed by atoms with Crippen molar-refractivity contribution in [3.05, 3.63) is 76.2 Å². The topological polar surface area (TPSA) is 53.8 Å². The van der Waals surface area contributed by atoms with Crippen LogP contribution in [0.25, 0.3) is 17.0 Å². The fourth-order valence-electron chi connectivity index (χ4n) is 3.20. The number of nitrogens with zero attached hydrogens (tertiary/aromatic N) is 2. The lowest BCUT2D eigenvalue weighted by Gasteiger charge is -2.20. The van der Waals surface area contributed by atoms with Crippen molar-refractivity contribution < 1.29 is 9.21 Å². The van der Waals surface area contributed by atoms with Crippen LogP contribution in [0.2, 0.25) is 0 Å². The zero-order valence-electron chi connectivity index (χ0n) is 17.3. The highest BCUT2D eigenvalue weighted by Gasteiger charge is 2.12. The van der Waals surface area contributed by atoms with E-state index in [-0.39, 0.29) is 11.3 Å². The third-order valence-corrected chi connectivity index (χ3v) is 4.95. The molecule has 0 spiro atoms. The molecule has 5 nitrogen and oxygen atoms in total. The van der Waals surface area contributed by atoms with Crippen molar-refractivity contribution >= 4 is 34.2 Å². The Kier molecular flexibility index (Phi) is 6.17. The largest absolute Gasteiger partial charge is 0.422 e. The Morgan fingerprint density at radius 2 is 1.62 bits per heavy atom. The number of benzene rings is 2. The molecular weight excluding hydrogens is 364 g/mol. The van der Waals surface area contributed by atoms with Gasteiger partial charge in [-0.2, -0.15) is 0 Å². The first-order chi connectivity index (χ1) is 13.9. The number of carbonyl (C=O) groups is 1. The number of hydrogen-bond acceptors (Lipinski definition) is 5. The lowest BCUT2D eigenvalue weighted by molar-refractivity contribution is 0.104. The molecule has 0 bridgehead atoms. The molecule has 5 heteroatoms. The molecule has 0 aliphatic heterocycles. The van der Waals surface area contributed by atoms with Gasteiger partial charge in [-0.15, -0.1) is 0 Å². The van der Waals surface area contributed by atoms with Gasteiger partial charge in [0.1, 0.15) is 11.1 Å². The van der Waals surface area contributed by atoms with Crippen LogP contribution < -0.4 is 15.4 Å². The molecular formula is C24H26N2O3. The minimum atomic E-state index is -0.619. The zero-order valence-corrected chi connectivity index (χ0v) is 17.3. The summed E-state index contributed by atoms with van der Waals surface area (Å²) in [4.78, 5) is 29.1. The second-order valence-electron chi connectivity index (χ2n) is 7.03. The molecule has 150 valence electrons. The van der Waals surface area contributed by atoms with Crippen LogP contribution in [0.4, 0.5) is 11.4 Å². The van der Waals surface area contributed by atoms with Gasteiger partial charge in [0.25, 0.3) is 0 Å². The first-order valence-corrected chi connectivity index (χ1v) is 9.75. The summed E-state index contributed by atoms with van der Waals surface area (Å²) < 4.78 is 5.45. The quantitative estimate of drug-likeness (QED) is 0.335. The van der Waals surface area contributed by atoms with E-state index < -0.39 is 5.63 Å². The van der Waals surface area contributed by atoms with Gasteiger partial charge in [-0.3, -0.25) is 4.79 Å². The van der Waals surface area contributed by atoms with Crippen molar-refractivity contribution in [1.82, 2.24) is 0 Å². The summed E-state index contributed by atoms with van der Waals surface area (Å²) in [7, 11) is 3.94. The highest BCUT2D eigenvalue weighted by molar-refractivity contribution is 6.07. The van der Waals surface area contributed by atoms with Gasteiger partial charge >= 0.3 is 5.63 Å². The molecule has 0 aliphatic rings.